The molecule has 1 aliphatic heterocycles. The summed E-state index contributed by atoms with van der Waals surface area (Å²) in [5.74, 6) is -0.163. The highest BCUT2D eigenvalue weighted by Gasteiger charge is 2.21. The predicted octanol–water partition coefficient (Wildman–Crippen LogP) is 3.33. The topological polar surface area (TPSA) is 25.4 Å². The van der Waals surface area contributed by atoms with E-state index < -0.39 is 0 Å². The van der Waals surface area contributed by atoms with E-state index in [9.17, 15) is 4.39 Å². The molecule has 1 fully saturated rings. The van der Waals surface area contributed by atoms with Crippen LogP contribution in [0.25, 0.3) is 0 Å². The number of rotatable bonds is 4. The maximum Gasteiger partial charge on any atom is 0.273 e. The number of thiazole rings is 1. The lowest BCUT2D eigenvalue weighted by Crippen LogP contribution is -2.37. The van der Waals surface area contributed by atoms with Gasteiger partial charge in [-0.25, -0.2) is 9.37 Å². The van der Waals surface area contributed by atoms with Gasteiger partial charge in [-0.05, 0) is 30.5 Å². The Morgan fingerprint density at radius 1 is 1.35 bits per heavy atom. The monoisotopic (exact) mass is 292 g/mol. The van der Waals surface area contributed by atoms with Crippen LogP contribution in [0, 0.1) is 5.82 Å². The molecule has 0 N–H and O–H groups in total. The van der Waals surface area contributed by atoms with Crippen LogP contribution in [0.4, 0.5) is 4.39 Å². The van der Waals surface area contributed by atoms with Gasteiger partial charge in [0.25, 0.3) is 5.19 Å². The van der Waals surface area contributed by atoms with E-state index in [1.54, 1.807) is 18.3 Å². The molecule has 0 amide bonds. The zero-order valence-corrected chi connectivity index (χ0v) is 12.0. The molecule has 0 unspecified atom stereocenters. The smallest absolute Gasteiger partial charge is 0.273 e. The molecule has 1 saturated heterocycles. The highest BCUT2D eigenvalue weighted by atomic mass is 32.1. The summed E-state index contributed by atoms with van der Waals surface area (Å²) in [4.78, 5) is 6.49. The molecule has 0 spiro atoms. The molecule has 2 heterocycles. The third-order valence-electron chi connectivity index (χ3n) is 3.51. The lowest BCUT2D eigenvalue weighted by Gasteiger charge is -2.31. The van der Waals surface area contributed by atoms with E-state index in [1.807, 2.05) is 11.4 Å². The Kier molecular flexibility index (Phi) is 4.28. The van der Waals surface area contributed by atoms with Gasteiger partial charge in [-0.15, -0.1) is 0 Å². The van der Waals surface area contributed by atoms with Crippen molar-refractivity contribution in [1.29, 1.82) is 0 Å². The van der Waals surface area contributed by atoms with E-state index in [4.69, 9.17) is 4.74 Å². The summed E-state index contributed by atoms with van der Waals surface area (Å²) in [7, 11) is 0. The summed E-state index contributed by atoms with van der Waals surface area (Å²) in [6.07, 6.45) is 4.01. The normalized spacial score (nSPS) is 17.2. The number of ether oxygens (including phenoxy) is 1. The van der Waals surface area contributed by atoms with Gasteiger partial charge in [0.2, 0.25) is 0 Å². The molecule has 0 aliphatic carbocycles. The molecule has 106 valence electrons. The van der Waals surface area contributed by atoms with Crippen molar-refractivity contribution in [2.24, 2.45) is 0 Å². The molecule has 0 bridgehead atoms. The molecule has 1 aromatic carbocycles. The van der Waals surface area contributed by atoms with Crippen LogP contribution in [0.3, 0.4) is 0 Å². The van der Waals surface area contributed by atoms with E-state index in [-0.39, 0.29) is 11.9 Å². The average Bonchev–Trinajstić information content (AvgIpc) is 2.94. The first-order valence-electron chi connectivity index (χ1n) is 6.82. The fourth-order valence-electron chi connectivity index (χ4n) is 2.49. The average molecular weight is 292 g/mol. The van der Waals surface area contributed by atoms with Crippen LogP contribution >= 0.6 is 11.3 Å². The molecular formula is C15H17FN2OS. The molecule has 0 atom stereocenters. The fraction of sp³-hybridized carbons (Fsp3) is 0.400. The Hall–Kier alpha value is -1.46. The van der Waals surface area contributed by atoms with Gasteiger partial charge in [0.1, 0.15) is 11.9 Å². The molecule has 0 radical (unpaired) electrons. The minimum absolute atomic E-state index is 0.163. The molecular weight excluding hydrogens is 275 g/mol. The van der Waals surface area contributed by atoms with Gasteiger partial charge in [-0.1, -0.05) is 23.5 Å². The minimum Gasteiger partial charge on any atom is -0.467 e. The van der Waals surface area contributed by atoms with E-state index >= 15 is 0 Å². The van der Waals surface area contributed by atoms with Crippen molar-refractivity contribution < 1.29 is 9.13 Å². The van der Waals surface area contributed by atoms with Crippen LogP contribution in [0.15, 0.2) is 35.8 Å². The Balaban J connectivity index is 1.48. The van der Waals surface area contributed by atoms with E-state index in [2.05, 4.69) is 9.88 Å². The van der Waals surface area contributed by atoms with Crippen LogP contribution in [0.1, 0.15) is 18.4 Å². The molecule has 5 heteroatoms. The SMILES string of the molecule is Fc1cccc(CN2CCC(Oc3nccs3)CC2)c1. The van der Waals surface area contributed by atoms with Gasteiger partial charge in [-0.3, -0.25) is 4.90 Å². The lowest BCUT2D eigenvalue weighted by molar-refractivity contribution is 0.0965. The van der Waals surface area contributed by atoms with Crippen molar-refractivity contribution in [3.63, 3.8) is 0 Å². The van der Waals surface area contributed by atoms with Crippen LogP contribution < -0.4 is 4.74 Å². The number of aromatic nitrogens is 1. The van der Waals surface area contributed by atoms with Crippen molar-refractivity contribution >= 4 is 11.3 Å². The summed E-state index contributed by atoms with van der Waals surface area (Å²) >= 11 is 1.53. The predicted molar refractivity (Wildman–Crippen MR) is 77.4 cm³/mol. The second-order valence-corrected chi connectivity index (χ2v) is 5.88. The van der Waals surface area contributed by atoms with Crippen LogP contribution in [0.2, 0.25) is 0 Å². The second-order valence-electron chi connectivity index (χ2n) is 5.02. The third-order valence-corrected chi connectivity index (χ3v) is 4.17. The molecule has 0 saturated carbocycles. The molecule has 2 aromatic rings. The van der Waals surface area contributed by atoms with Crippen molar-refractivity contribution in [3.8, 4) is 5.19 Å². The standard InChI is InChI=1S/C15H17FN2OS/c16-13-3-1-2-12(10-13)11-18-7-4-14(5-8-18)19-15-17-6-9-20-15/h1-3,6,9-10,14H,4-5,7-8,11H2. The first-order valence-corrected chi connectivity index (χ1v) is 7.70. The van der Waals surface area contributed by atoms with Gasteiger partial charge >= 0.3 is 0 Å². The van der Waals surface area contributed by atoms with Gasteiger partial charge in [0, 0.05) is 31.2 Å². The molecule has 1 aliphatic rings. The number of hydrogen-bond donors (Lipinski definition) is 0. The number of hydrogen-bond acceptors (Lipinski definition) is 4. The lowest BCUT2D eigenvalue weighted by atomic mass is 10.1. The summed E-state index contributed by atoms with van der Waals surface area (Å²) in [5.41, 5.74) is 1.03. The first kappa shape index (κ1) is 13.5. The molecule has 3 rings (SSSR count). The molecule has 1 aromatic heterocycles. The first-order chi connectivity index (χ1) is 9.79. The number of nitrogens with zero attached hydrogens (tertiary/aromatic N) is 2. The number of benzene rings is 1. The highest BCUT2D eigenvalue weighted by Crippen LogP contribution is 2.21. The maximum atomic E-state index is 13.2. The van der Waals surface area contributed by atoms with Gasteiger partial charge < -0.3 is 4.74 Å². The van der Waals surface area contributed by atoms with Crippen LogP contribution in [-0.4, -0.2) is 29.1 Å². The Labute approximate surface area is 122 Å². The number of piperidine rings is 1. The Bertz CT molecular complexity index is 539. The maximum absolute atomic E-state index is 13.2. The van der Waals surface area contributed by atoms with Crippen molar-refractivity contribution in [2.45, 2.75) is 25.5 Å². The Morgan fingerprint density at radius 3 is 2.90 bits per heavy atom. The zero-order chi connectivity index (χ0) is 13.8. The number of likely N-dealkylation sites (tertiary alicyclic amines) is 1. The van der Waals surface area contributed by atoms with Crippen molar-refractivity contribution in [3.05, 3.63) is 47.2 Å². The minimum atomic E-state index is -0.163. The quantitative estimate of drug-likeness (QED) is 0.864. The van der Waals surface area contributed by atoms with Crippen LogP contribution in [-0.2, 0) is 6.54 Å². The fourth-order valence-corrected chi connectivity index (χ4v) is 3.04. The Morgan fingerprint density at radius 2 is 2.20 bits per heavy atom. The largest absolute Gasteiger partial charge is 0.467 e. The van der Waals surface area contributed by atoms with Gasteiger partial charge in [0.15, 0.2) is 0 Å². The van der Waals surface area contributed by atoms with E-state index in [0.717, 1.165) is 43.2 Å². The summed E-state index contributed by atoms with van der Waals surface area (Å²) in [5, 5.41) is 2.68. The van der Waals surface area contributed by atoms with Gasteiger partial charge in [-0.2, -0.15) is 0 Å². The van der Waals surface area contributed by atoms with Gasteiger partial charge in [0.05, 0.1) is 0 Å². The van der Waals surface area contributed by atoms with Crippen molar-refractivity contribution in [1.82, 2.24) is 9.88 Å². The highest BCUT2D eigenvalue weighted by molar-refractivity contribution is 7.11. The van der Waals surface area contributed by atoms with E-state index in [1.165, 1.54) is 17.4 Å². The summed E-state index contributed by atoms with van der Waals surface area (Å²) in [6.45, 7) is 2.76. The second kappa shape index (κ2) is 6.33. The summed E-state index contributed by atoms with van der Waals surface area (Å²) < 4.78 is 19.0. The molecule has 3 nitrogen and oxygen atoms in total. The van der Waals surface area contributed by atoms with Crippen molar-refractivity contribution in [2.75, 3.05) is 13.1 Å². The van der Waals surface area contributed by atoms with E-state index in [0.29, 0.717) is 0 Å². The zero-order valence-electron chi connectivity index (χ0n) is 11.2. The molecule has 20 heavy (non-hydrogen) atoms. The summed E-state index contributed by atoms with van der Waals surface area (Å²) in [6, 6.07) is 6.83. The third kappa shape index (κ3) is 3.55. The number of halogens is 1. The van der Waals surface area contributed by atoms with Crippen LogP contribution in [0.5, 0.6) is 5.19 Å².